The summed E-state index contributed by atoms with van der Waals surface area (Å²) in [6, 6.07) is 0. The fourth-order valence-electron chi connectivity index (χ4n) is 0. The molecule has 0 unspecified atom stereocenters. The fourth-order valence-corrected chi connectivity index (χ4v) is 0. The standard InChI is InChI=1S/2C7H12.2ClH.2Pd/c2*1-6(2)7(3,4)5;;;;/h2*1H,2H2,3-5H3;2*1H;;. The van der Waals surface area contributed by atoms with Crippen LogP contribution >= 0.6 is 24.8 Å². The van der Waals surface area contributed by atoms with Gasteiger partial charge in [0.15, 0.2) is 0 Å². The number of rotatable bonds is 0. The SMILES string of the molecule is Cl.Cl.[CH-]=C([CH2+])C(C)(C)C.[CH-]=C([CH2+])C(C)(C)C.[Pd].[Pd]. The first-order chi connectivity index (χ1) is 5.89. The average Bonchev–Trinajstić information content (AvgIpc) is 1.83. The minimum atomic E-state index is 0. The summed E-state index contributed by atoms with van der Waals surface area (Å²) in [6.45, 7) is 30.2. The predicted octanol–water partition coefficient (Wildman–Crippen LogP) is 5.29. The molecule has 0 rings (SSSR count). The van der Waals surface area contributed by atoms with Gasteiger partial charge >= 0.3 is 0 Å². The summed E-state index contributed by atoms with van der Waals surface area (Å²) < 4.78 is 0. The Balaban J connectivity index is -0.0000000327. The minimum absolute atomic E-state index is 0. The number of allylic oxidation sites excluding steroid dienone is 2. The molecule has 0 nitrogen and oxygen atoms in total. The van der Waals surface area contributed by atoms with E-state index < -0.39 is 0 Å². The molecule has 0 heterocycles. The molecule has 0 amide bonds. The van der Waals surface area contributed by atoms with Gasteiger partial charge in [-0.3, -0.25) is 0 Å². The molecule has 0 N–H and O–H groups in total. The molecule has 0 radical (unpaired) electrons. The molecule has 0 bridgehead atoms. The van der Waals surface area contributed by atoms with Gasteiger partial charge in [-0.1, -0.05) is 68.5 Å². The van der Waals surface area contributed by atoms with E-state index >= 15 is 0 Å². The summed E-state index contributed by atoms with van der Waals surface area (Å²) in [5.74, 6) is 0. The van der Waals surface area contributed by atoms with Crippen LogP contribution in [0.2, 0.25) is 0 Å². The van der Waals surface area contributed by atoms with Crippen molar-refractivity contribution >= 4 is 24.8 Å². The molecule has 0 aliphatic rings. The van der Waals surface area contributed by atoms with Crippen LogP contribution < -0.4 is 0 Å². The third-order valence-corrected chi connectivity index (χ3v) is 1.93. The first-order valence-corrected chi connectivity index (χ1v) is 4.78. The van der Waals surface area contributed by atoms with Gasteiger partial charge in [0, 0.05) is 40.8 Å². The van der Waals surface area contributed by atoms with Crippen molar-refractivity contribution in [2.24, 2.45) is 10.8 Å². The zero-order chi connectivity index (χ0) is 12.2. The maximum atomic E-state index is 5.38. The Bertz CT molecular complexity index is 187. The normalized spacial score (nSPS) is 8.78. The van der Waals surface area contributed by atoms with Crippen LogP contribution in [0, 0.1) is 37.8 Å². The van der Waals surface area contributed by atoms with Crippen molar-refractivity contribution in [3.05, 3.63) is 38.2 Å². The zero-order valence-electron chi connectivity index (χ0n) is 12.0. The molecule has 0 aromatic carbocycles. The molecule has 116 valence electrons. The fraction of sp³-hybridized carbons (Fsp3) is 0.571. The van der Waals surface area contributed by atoms with Gasteiger partial charge in [0.1, 0.15) is 0 Å². The first-order valence-electron chi connectivity index (χ1n) is 4.78. The Morgan fingerprint density at radius 3 is 0.722 bits per heavy atom. The van der Waals surface area contributed by atoms with Crippen molar-refractivity contribution in [3.8, 4) is 0 Å². The average molecular weight is 478 g/mol. The molecule has 0 saturated heterocycles. The molecule has 0 aliphatic carbocycles. The maximum Gasteiger partial charge on any atom is 0 e. The van der Waals surface area contributed by atoms with Gasteiger partial charge in [-0.2, -0.15) is 0 Å². The predicted molar refractivity (Wildman–Crippen MR) is 79.7 cm³/mol. The van der Waals surface area contributed by atoms with E-state index in [9.17, 15) is 0 Å². The number of halogens is 2. The molecule has 4 heteroatoms. The third-order valence-electron chi connectivity index (χ3n) is 1.93. The van der Waals surface area contributed by atoms with Crippen LogP contribution in [0.4, 0.5) is 0 Å². The Morgan fingerprint density at radius 2 is 0.722 bits per heavy atom. The Morgan fingerprint density at radius 1 is 0.667 bits per heavy atom. The molecule has 0 aliphatic heterocycles. The second kappa shape index (κ2) is 14.5. The van der Waals surface area contributed by atoms with Crippen LogP contribution in [0.25, 0.3) is 0 Å². The molecular weight excluding hydrogens is 452 g/mol. The van der Waals surface area contributed by atoms with Crippen molar-refractivity contribution in [3.63, 3.8) is 0 Å². The molecule has 0 atom stereocenters. The van der Waals surface area contributed by atoms with E-state index in [0.29, 0.717) is 0 Å². The van der Waals surface area contributed by atoms with Gasteiger partial charge in [0.05, 0.1) is 0 Å². The maximum absolute atomic E-state index is 5.38. The van der Waals surface area contributed by atoms with Crippen molar-refractivity contribution in [2.45, 2.75) is 41.5 Å². The van der Waals surface area contributed by atoms with Crippen LogP contribution in [0.5, 0.6) is 0 Å². The van der Waals surface area contributed by atoms with Crippen LogP contribution in [-0.4, -0.2) is 0 Å². The topological polar surface area (TPSA) is 0 Å². The van der Waals surface area contributed by atoms with Crippen LogP contribution in [0.1, 0.15) is 41.5 Å². The van der Waals surface area contributed by atoms with E-state index in [2.05, 4.69) is 13.8 Å². The number of hydrogen-bond acceptors (Lipinski definition) is 0. The van der Waals surface area contributed by atoms with E-state index in [1.54, 1.807) is 0 Å². The van der Waals surface area contributed by atoms with Gasteiger partial charge < -0.3 is 0 Å². The first kappa shape index (κ1) is 36.5. The zero-order valence-corrected chi connectivity index (χ0v) is 16.8. The van der Waals surface area contributed by atoms with Gasteiger partial charge in [-0.15, -0.1) is 24.8 Å². The van der Waals surface area contributed by atoms with Gasteiger partial charge in [0.2, 0.25) is 0 Å². The summed E-state index contributed by atoms with van der Waals surface area (Å²) >= 11 is 0. The smallest absolute Gasteiger partial charge is 0 e. The van der Waals surface area contributed by atoms with E-state index in [0.717, 1.165) is 11.1 Å². The minimum Gasteiger partial charge on any atom is -0.147 e. The van der Waals surface area contributed by atoms with Gasteiger partial charge in [-0.05, 0) is 22.0 Å². The second-order valence-corrected chi connectivity index (χ2v) is 5.55. The summed E-state index contributed by atoms with van der Waals surface area (Å²) in [6.07, 6.45) is 0. The quantitative estimate of drug-likeness (QED) is 0.328. The van der Waals surface area contributed by atoms with E-state index in [1.165, 1.54) is 0 Å². The monoisotopic (exact) mass is 476 g/mol. The molecule has 0 aromatic heterocycles. The summed E-state index contributed by atoms with van der Waals surface area (Å²) in [5.41, 5.74) is 1.65. The summed E-state index contributed by atoms with van der Waals surface area (Å²) in [5, 5.41) is 0. The third kappa shape index (κ3) is 25.8. The van der Waals surface area contributed by atoms with Gasteiger partial charge in [0.25, 0.3) is 0 Å². The second-order valence-electron chi connectivity index (χ2n) is 5.55. The molecule has 0 aromatic rings. The largest absolute Gasteiger partial charge is 0.147 e. The van der Waals surface area contributed by atoms with E-state index in [-0.39, 0.29) is 76.5 Å². The Kier molecular flexibility index (Phi) is 29.4. The van der Waals surface area contributed by atoms with Crippen molar-refractivity contribution in [1.29, 1.82) is 0 Å². The molecule has 0 fully saturated rings. The molecule has 0 saturated carbocycles. The Hall–Kier alpha value is 1.12. The van der Waals surface area contributed by atoms with Crippen LogP contribution in [0.15, 0.2) is 11.1 Å². The van der Waals surface area contributed by atoms with Crippen molar-refractivity contribution in [2.75, 3.05) is 0 Å². The van der Waals surface area contributed by atoms with E-state index in [4.69, 9.17) is 13.2 Å². The molecule has 0 spiro atoms. The van der Waals surface area contributed by atoms with Crippen LogP contribution in [-0.2, 0) is 40.8 Å². The molecule has 18 heavy (non-hydrogen) atoms. The molecular formula is C14H26Cl2Pd2. The van der Waals surface area contributed by atoms with Crippen LogP contribution in [0.3, 0.4) is 0 Å². The summed E-state index contributed by atoms with van der Waals surface area (Å²) in [7, 11) is 0. The van der Waals surface area contributed by atoms with Crippen molar-refractivity contribution in [1.82, 2.24) is 0 Å². The van der Waals surface area contributed by atoms with Gasteiger partial charge in [-0.25, -0.2) is 0 Å². The number of hydrogen-bond donors (Lipinski definition) is 0. The Labute approximate surface area is 155 Å². The van der Waals surface area contributed by atoms with Crippen molar-refractivity contribution < 1.29 is 40.8 Å². The van der Waals surface area contributed by atoms with E-state index in [1.807, 2.05) is 41.5 Å². The summed E-state index contributed by atoms with van der Waals surface area (Å²) in [4.78, 5) is 0.